The highest BCUT2D eigenvalue weighted by molar-refractivity contribution is 5.81. The van der Waals surface area contributed by atoms with Crippen molar-refractivity contribution in [2.75, 3.05) is 19.8 Å². The number of benzene rings is 1. The normalized spacial score (nSPS) is 9.45. The Morgan fingerprint density at radius 3 is 2.65 bits per heavy atom. The second kappa shape index (κ2) is 7.85. The van der Waals surface area contributed by atoms with E-state index in [0.29, 0.717) is 5.75 Å². The Bertz CT molecular complexity index is 531. The summed E-state index contributed by atoms with van der Waals surface area (Å²) in [5.74, 6) is 1.78. The van der Waals surface area contributed by atoms with E-state index in [2.05, 4.69) is 11.2 Å². The molecular weight excluding hydrogens is 258 g/mol. The molecule has 1 rings (SSSR count). The summed E-state index contributed by atoms with van der Waals surface area (Å²) in [5, 5.41) is 2.38. The van der Waals surface area contributed by atoms with E-state index < -0.39 is 11.9 Å². The summed E-state index contributed by atoms with van der Waals surface area (Å²) in [4.78, 5) is 22.5. The van der Waals surface area contributed by atoms with Crippen LogP contribution in [0.2, 0.25) is 0 Å². The zero-order valence-electron chi connectivity index (χ0n) is 11.6. The summed E-state index contributed by atoms with van der Waals surface area (Å²) in [6.07, 6.45) is 4.98. The van der Waals surface area contributed by atoms with Crippen molar-refractivity contribution in [1.29, 1.82) is 0 Å². The van der Waals surface area contributed by atoms with Gasteiger partial charge in [-0.3, -0.25) is 4.79 Å². The molecule has 1 aromatic carbocycles. The molecule has 0 aliphatic rings. The summed E-state index contributed by atoms with van der Waals surface area (Å²) in [7, 11) is 0. The first-order valence-electron chi connectivity index (χ1n) is 6.08. The number of nitrogens with one attached hydrogen (secondary N) is 1. The van der Waals surface area contributed by atoms with E-state index in [1.807, 2.05) is 26.0 Å². The third kappa shape index (κ3) is 5.44. The van der Waals surface area contributed by atoms with Gasteiger partial charge in [0.15, 0.2) is 13.2 Å². The molecule has 0 saturated heterocycles. The van der Waals surface area contributed by atoms with Crippen LogP contribution in [0.3, 0.4) is 0 Å². The van der Waals surface area contributed by atoms with E-state index in [-0.39, 0.29) is 19.8 Å². The Labute approximate surface area is 118 Å². The fourth-order valence-corrected chi connectivity index (χ4v) is 1.33. The molecule has 1 N–H and O–H groups in total. The van der Waals surface area contributed by atoms with Crippen molar-refractivity contribution in [3.05, 3.63) is 29.3 Å². The van der Waals surface area contributed by atoms with E-state index in [4.69, 9.17) is 15.9 Å². The van der Waals surface area contributed by atoms with Gasteiger partial charge in [0.1, 0.15) is 5.75 Å². The van der Waals surface area contributed by atoms with Crippen LogP contribution in [-0.2, 0) is 14.3 Å². The van der Waals surface area contributed by atoms with Gasteiger partial charge < -0.3 is 14.8 Å². The number of rotatable bonds is 6. The zero-order valence-corrected chi connectivity index (χ0v) is 11.6. The molecule has 0 bridgehead atoms. The van der Waals surface area contributed by atoms with Crippen molar-refractivity contribution >= 4 is 11.9 Å². The third-order valence-corrected chi connectivity index (χ3v) is 2.59. The minimum absolute atomic E-state index is 0.107. The van der Waals surface area contributed by atoms with E-state index in [1.54, 1.807) is 6.07 Å². The van der Waals surface area contributed by atoms with Crippen molar-refractivity contribution in [2.24, 2.45) is 0 Å². The number of ether oxygens (including phenoxy) is 2. The minimum atomic E-state index is -0.612. The van der Waals surface area contributed by atoms with E-state index in [9.17, 15) is 9.59 Å². The van der Waals surface area contributed by atoms with Gasteiger partial charge in [0.05, 0.1) is 6.54 Å². The van der Waals surface area contributed by atoms with Crippen LogP contribution in [-0.4, -0.2) is 31.6 Å². The summed E-state index contributed by atoms with van der Waals surface area (Å²) >= 11 is 0. The molecule has 0 atom stereocenters. The maximum absolute atomic E-state index is 11.4. The van der Waals surface area contributed by atoms with E-state index in [1.165, 1.54) is 0 Å². The molecule has 1 aromatic rings. The van der Waals surface area contributed by atoms with Crippen molar-refractivity contribution in [3.8, 4) is 18.1 Å². The molecule has 0 aliphatic heterocycles. The van der Waals surface area contributed by atoms with Gasteiger partial charge in [0.25, 0.3) is 5.91 Å². The molecule has 106 valence electrons. The fourth-order valence-electron chi connectivity index (χ4n) is 1.33. The second-order valence-electron chi connectivity index (χ2n) is 4.18. The van der Waals surface area contributed by atoms with Gasteiger partial charge in [0, 0.05) is 0 Å². The maximum Gasteiger partial charge on any atom is 0.344 e. The van der Waals surface area contributed by atoms with Gasteiger partial charge in [0.2, 0.25) is 0 Å². The number of carbonyl (C=O) groups excluding carboxylic acids is 2. The molecule has 0 fully saturated rings. The van der Waals surface area contributed by atoms with E-state index in [0.717, 1.165) is 11.1 Å². The Kier molecular flexibility index (Phi) is 6.11. The molecule has 0 radical (unpaired) electrons. The Morgan fingerprint density at radius 1 is 1.25 bits per heavy atom. The monoisotopic (exact) mass is 275 g/mol. The standard InChI is InChI=1S/C15H17NO4/c1-4-7-16-14(17)9-20-15(18)10-19-13-6-5-11(2)12(3)8-13/h1,5-6,8H,7,9-10H2,2-3H3,(H,16,17). The molecule has 0 heterocycles. The van der Waals surface area contributed by atoms with Gasteiger partial charge in [-0.05, 0) is 37.1 Å². The highest BCUT2D eigenvalue weighted by Gasteiger charge is 2.08. The smallest absolute Gasteiger partial charge is 0.344 e. The van der Waals surface area contributed by atoms with Crippen LogP contribution in [0.1, 0.15) is 11.1 Å². The van der Waals surface area contributed by atoms with Crippen molar-refractivity contribution in [1.82, 2.24) is 5.32 Å². The number of terminal acetylenes is 1. The lowest BCUT2D eigenvalue weighted by atomic mass is 10.1. The summed E-state index contributed by atoms with van der Waals surface area (Å²) in [5.41, 5.74) is 2.22. The van der Waals surface area contributed by atoms with Gasteiger partial charge >= 0.3 is 5.97 Å². The molecule has 5 heteroatoms. The fraction of sp³-hybridized carbons (Fsp3) is 0.333. The Balaban J connectivity index is 2.31. The van der Waals surface area contributed by atoms with Crippen molar-refractivity contribution in [3.63, 3.8) is 0 Å². The first-order valence-corrected chi connectivity index (χ1v) is 6.08. The van der Waals surface area contributed by atoms with Crippen LogP contribution >= 0.6 is 0 Å². The second-order valence-corrected chi connectivity index (χ2v) is 4.18. The van der Waals surface area contributed by atoms with Crippen LogP contribution in [0.15, 0.2) is 18.2 Å². The zero-order chi connectivity index (χ0) is 15.0. The molecular formula is C15H17NO4. The summed E-state index contributed by atoms with van der Waals surface area (Å²) in [6, 6.07) is 5.51. The van der Waals surface area contributed by atoms with E-state index >= 15 is 0 Å². The van der Waals surface area contributed by atoms with Gasteiger partial charge in [-0.1, -0.05) is 12.0 Å². The van der Waals surface area contributed by atoms with Crippen LogP contribution in [0.4, 0.5) is 0 Å². The van der Waals surface area contributed by atoms with Crippen LogP contribution < -0.4 is 10.1 Å². The number of hydrogen-bond donors (Lipinski definition) is 1. The first kappa shape index (κ1) is 15.6. The maximum atomic E-state index is 11.4. The average Bonchev–Trinajstić information content (AvgIpc) is 2.44. The molecule has 0 aromatic heterocycles. The molecule has 20 heavy (non-hydrogen) atoms. The van der Waals surface area contributed by atoms with Crippen LogP contribution in [0.5, 0.6) is 5.75 Å². The Hall–Kier alpha value is -2.48. The predicted molar refractivity (Wildman–Crippen MR) is 74.2 cm³/mol. The molecule has 0 unspecified atom stereocenters. The summed E-state index contributed by atoms with van der Waals surface area (Å²) in [6.45, 7) is 3.44. The van der Waals surface area contributed by atoms with Crippen molar-refractivity contribution < 1.29 is 19.1 Å². The van der Waals surface area contributed by atoms with Gasteiger partial charge in [-0.15, -0.1) is 6.42 Å². The largest absolute Gasteiger partial charge is 0.482 e. The lowest BCUT2D eigenvalue weighted by molar-refractivity contribution is -0.150. The average molecular weight is 275 g/mol. The highest BCUT2D eigenvalue weighted by Crippen LogP contribution is 2.16. The quantitative estimate of drug-likeness (QED) is 0.621. The molecule has 0 aliphatic carbocycles. The number of amides is 1. The van der Waals surface area contributed by atoms with Gasteiger partial charge in [-0.25, -0.2) is 4.79 Å². The van der Waals surface area contributed by atoms with Crippen molar-refractivity contribution in [2.45, 2.75) is 13.8 Å². The lowest BCUT2D eigenvalue weighted by Gasteiger charge is -2.08. The number of esters is 1. The molecule has 1 amide bonds. The first-order chi connectivity index (χ1) is 9.52. The lowest BCUT2D eigenvalue weighted by Crippen LogP contribution is -2.30. The van der Waals surface area contributed by atoms with Crippen LogP contribution in [0.25, 0.3) is 0 Å². The predicted octanol–water partition coefficient (Wildman–Crippen LogP) is 0.975. The third-order valence-electron chi connectivity index (χ3n) is 2.59. The number of hydrogen-bond acceptors (Lipinski definition) is 4. The summed E-state index contributed by atoms with van der Waals surface area (Å²) < 4.78 is 10.0. The molecule has 0 spiro atoms. The highest BCUT2D eigenvalue weighted by atomic mass is 16.6. The van der Waals surface area contributed by atoms with Gasteiger partial charge in [-0.2, -0.15) is 0 Å². The Morgan fingerprint density at radius 2 is 2.00 bits per heavy atom. The number of aryl methyl sites for hydroxylation is 2. The number of carbonyl (C=O) groups is 2. The van der Waals surface area contributed by atoms with Crippen LogP contribution in [0, 0.1) is 26.2 Å². The topological polar surface area (TPSA) is 64.6 Å². The molecule has 5 nitrogen and oxygen atoms in total. The molecule has 0 saturated carbocycles. The SMILES string of the molecule is C#CCNC(=O)COC(=O)COc1ccc(C)c(C)c1. The minimum Gasteiger partial charge on any atom is -0.482 e.